The van der Waals surface area contributed by atoms with Crippen molar-refractivity contribution in [1.29, 1.82) is 0 Å². The highest BCUT2D eigenvalue weighted by Crippen LogP contribution is 2.32. The molecule has 0 bridgehead atoms. The molecule has 2 rings (SSSR count). The second kappa shape index (κ2) is 7.50. The second-order valence-electron chi connectivity index (χ2n) is 6.88. The molecule has 0 radical (unpaired) electrons. The number of thioether (sulfide) groups is 1. The van der Waals surface area contributed by atoms with E-state index in [9.17, 15) is 0 Å². The molecule has 4 heteroatoms. The number of rotatable bonds is 5. The maximum Gasteiger partial charge on any atom is 0.0562 e. The Hall–Kier alpha value is -0.740. The number of nitrogens with one attached hydrogen (secondary N) is 1. The van der Waals surface area contributed by atoms with E-state index in [1.54, 1.807) is 0 Å². The number of hydrogen-bond acceptors (Lipinski definition) is 4. The molecule has 0 amide bonds. The van der Waals surface area contributed by atoms with Crippen LogP contribution in [0.3, 0.4) is 0 Å². The average Bonchev–Trinajstić information content (AvgIpc) is 2.60. The lowest BCUT2D eigenvalue weighted by Gasteiger charge is -2.24. The molecular formula is C17H29N3S. The zero-order valence-electron chi connectivity index (χ0n) is 13.9. The van der Waals surface area contributed by atoms with Crippen LogP contribution in [0.15, 0.2) is 18.3 Å². The Morgan fingerprint density at radius 3 is 2.95 bits per heavy atom. The first kappa shape index (κ1) is 16.6. The van der Waals surface area contributed by atoms with E-state index in [4.69, 9.17) is 0 Å². The fraction of sp³-hybridized carbons (Fsp3) is 0.706. The first-order valence-corrected chi connectivity index (χ1v) is 8.99. The zero-order valence-corrected chi connectivity index (χ0v) is 14.7. The summed E-state index contributed by atoms with van der Waals surface area (Å²) in [5.41, 5.74) is 2.47. The van der Waals surface area contributed by atoms with E-state index >= 15 is 0 Å². The molecule has 0 spiro atoms. The summed E-state index contributed by atoms with van der Waals surface area (Å²) in [5.74, 6) is 1.88. The lowest BCUT2D eigenvalue weighted by molar-refractivity contribution is 0.548. The Morgan fingerprint density at radius 1 is 1.38 bits per heavy atom. The van der Waals surface area contributed by atoms with Gasteiger partial charge in [0.2, 0.25) is 0 Å². The highest BCUT2D eigenvalue weighted by atomic mass is 32.2. The van der Waals surface area contributed by atoms with Crippen molar-refractivity contribution in [3.05, 3.63) is 24.0 Å². The maximum absolute atomic E-state index is 4.49. The van der Waals surface area contributed by atoms with Gasteiger partial charge in [-0.25, -0.2) is 0 Å². The standard InChI is InChI=1S/C17H29N3S/c1-14(2)12-18-13-15-11-16(5-7-19-15)20-8-6-17(3,4)21-10-9-20/h5,7,11,14,18H,6,8-10,12-13H2,1-4H3. The summed E-state index contributed by atoms with van der Waals surface area (Å²) >= 11 is 2.09. The second-order valence-corrected chi connectivity index (χ2v) is 8.68. The van der Waals surface area contributed by atoms with E-state index in [2.05, 4.69) is 66.8 Å². The van der Waals surface area contributed by atoms with Gasteiger partial charge in [-0.1, -0.05) is 27.7 Å². The lowest BCUT2D eigenvalue weighted by atomic mass is 10.1. The van der Waals surface area contributed by atoms with Gasteiger partial charge >= 0.3 is 0 Å². The van der Waals surface area contributed by atoms with Crippen molar-refractivity contribution in [2.24, 2.45) is 5.92 Å². The van der Waals surface area contributed by atoms with Gasteiger partial charge < -0.3 is 10.2 Å². The van der Waals surface area contributed by atoms with Crippen molar-refractivity contribution in [2.75, 3.05) is 30.3 Å². The summed E-state index contributed by atoms with van der Waals surface area (Å²) in [6.07, 6.45) is 3.19. The third kappa shape index (κ3) is 5.51. The van der Waals surface area contributed by atoms with Crippen LogP contribution >= 0.6 is 11.8 Å². The van der Waals surface area contributed by atoms with Crippen molar-refractivity contribution in [2.45, 2.75) is 45.4 Å². The van der Waals surface area contributed by atoms with E-state index in [0.717, 1.165) is 31.9 Å². The van der Waals surface area contributed by atoms with Crippen LogP contribution in [0, 0.1) is 5.92 Å². The van der Waals surface area contributed by atoms with E-state index in [0.29, 0.717) is 10.7 Å². The van der Waals surface area contributed by atoms with E-state index < -0.39 is 0 Å². The fourth-order valence-corrected chi connectivity index (χ4v) is 3.63. The molecule has 2 heterocycles. The summed E-state index contributed by atoms with van der Waals surface area (Å²) in [6, 6.07) is 4.39. The normalized spacial score (nSPS) is 18.8. The van der Waals surface area contributed by atoms with Gasteiger partial charge in [0.05, 0.1) is 5.69 Å². The van der Waals surface area contributed by atoms with E-state index in [-0.39, 0.29) is 0 Å². The Labute approximate surface area is 133 Å². The molecule has 0 saturated carbocycles. The lowest BCUT2D eigenvalue weighted by Crippen LogP contribution is -2.27. The Morgan fingerprint density at radius 2 is 2.19 bits per heavy atom. The molecule has 3 nitrogen and oxygen atoms in total. The number of nitrogens with zero attached hydrogens (tertiary/aromatic N) is 2. The topological polar surface area (TPSA) is 28.2 Å². The van der Waals surface area contributed by atoms with Crippen molar-refractivity contribution in [1.82, 2.24) is 10.3 Å². The first-order valence-electron chi connectivity index (χ1n) is 8.01. The molecule has 1 saturated heterocycles. The number of pyridine rings is 1. The molecule has 1 aromatic rings. The maximum atomic E-state index is 4.49. The molecule has 0 unspecified atom stereocenters. The van der Waals surface area contributed by atoms with Crippen molar-refractivity contribution in [3.63, 3.8) is 0 Å². The van der Waals surface area contributed by atoms with Gasteiger partial charge in [0, 0.05) is 42.0 Å². The van der Waals surface area contributed by atoms with Crippen LogP contribution in [0.1, 0.15) is 39.8 Å². The van der Waals surface area contributed by atoms with E-state index in [1.807, 2.05) is 6.20 Å². The molecule has 1 aliphatic heterocycles. The molecule has 1 fully saturated rings. The number of hydrogen-bond donors (Lipinski definition) is 1. The molecule has 1 N–H and O–H groups in total. The summed E-state index contributed by atoms with van der Waals surface area (Å²) in [5, 5.41) is 3.47. The Balaban J connectivity index is 1.96. The van der Waals surface area contributed by atoms with Gasteiger partial charge in [-0.2, -0.15) is 11.8 Å². The molecule has 1 aromatic heterocycles. The van der Waals surface area contributed by atoms with Gasteiger partial charge in [-0.3, -0.25) is 4.98 Å². The monoisotopic (exact) mass is 307 g/mol. The average molecular weight is 308 g/mol. The van der Waals surface area contributed by atoms with Crippen LogP contribution in [0.4, 0.5) is 5.69 Å². The predicted octanol–water partition coefficient (Wildman–Crippen LogP) is 3.55. The Bertz CT molecular complexity index is 445. The summed E-state index contributed by atoms with van der Waals surface area (Å²) in [6.45, 7) is 13.4. The third-order valence-electron chi connectivity index (χ3n) is 3.86. The van der Waals surface area contributed by atoms with Crippen molar-refractivity contribution in [3.8, 4) is 0 Å². The predicted molar refractivity (Wildman–Crippen MR) is 94.1 cm³/mol. The Kier molecular flexibility index (Phi) is 5.94. The SMILES string of the molecule is CC(C)CNCc1cc(N2CCSC(C)(C)CC2)ccn1. The van der Waals surface area contributed by atoms with Gasteiger partial charge in [-0.05, 0) is 31.0 Å². The minimum Gasteiger partial charge on any atom is -0.371 e. The molecule has 0 atom stereocenters. The molecule has 118 valence electrons. The zero-order chi connectivity index (χ0) is 15.3. The minimum atomic E-state index is 0.406. The van der Waals surface area contributed by atoms with Crippen molar-refractivity contribution < 1.29 is 0 Å². The smallest absolute Gasteiger partial charge is 0.0562 e. The summed E-state index contributed by atoms with van der Waals surface area (Å²) in [7, 11) is 0. The molecule has 0 aliphatic carbocycles. The minimum absolute atomic E-state index is 0.406. The van der Waals surface area contributed by atoms with Crippen LogP contribution < -0.4 is 10.2 Å². The number of aromatic nitrogens is 1. The third-order valence-corrected chi connectivity index (χ3v) is 5.23. The largest absolute Gasteiger partial charge is 0.371 e. The van der Waals surface area contributed by atoms with Gasteiger partial charge in [0.25, 0.3) is 0 Å². The van der Waals surface area contributed by atoms with Crippen LogP contribution in [0.25, 0.3) is 0 Å². The molecular weight excluding hydrogens is 278 g/mol. The number of anilines is 1. The molecule has 21 heavy (non-hydrogen) atoms. The fourth-order valence-electron chi connectivity index (χ4n) is 2.53. The summed E-state index contributed by atoms with van der Waals surface area (Å²) < 4.78 is 0.406. The van der Waals surface area contributed by atoms with Gasteiger partial charge in [0.1, 0.15) is 0 Å². The molecule has 0 aromatic carbocycles. The quantitative estimate of drug-likeness (QED) is 0.900. The molecule has 1 aliphatic rings. The summed E-state index contributed by atoms with van der Waals surface area (Å²) in [4.78, 5) is 7.00. The highest BCUT2D eigenvalue weighted by molar-refractivity contribution is 8.00. The van der Waals surface area contributed by atoms with Crippen LogP contribution in [0.2, 0.25) is 0 Å². The van der Waals surface area contributed by atoms with Crippen LogP contribution in [-0.4, -0.2) is 35.1 Å². The van der Waals surface area contributed by atoms with Gasteiger partial charge in [-0.15, -0.1) is 0 Å². The highest BCUT2D eigenvalue weighted by Gasteiger charge is 2.23. The van der Waals surface area contributed by atoms with Crippen LogP contribution in [0.5, 0.6) is 0 Å². The van der Waals surface area contributed by atoms with Gasteiger partial charge in [0.15, 0.2) is 0 Å². The van der Waals surface area contributed by atoms with E-state index in [1.165, 1.54) is 17.9 Å². The first-order chi connectivity index (χ1) is 9.96. The van der Waals surface area contributed by atoms with Crippen LogP contribution in [-0.2, 0) is 6.54 Å². The van der Waals surface area contributed by atoms with Crippen molar-refractivity contribution >= 4 is 17.4 Å².